The molecular weight excluding hydrogens is 218 g/mol. The lowest BCUT2D eigenvalue weighted by atomic mass is 10.2. The zero-order valence-electron chi connectivity index (χ0n) is 9.76. The van der Waals surface area contributed by atoms with Crippen LogP contribution in [0.4, 0.5) is 0 Å². The number of aliphatic carboxylic acids is 1. The molecule has 0 aromatic carbocycles. The van der Waals surface area contributed by atoms with Crippen molar-refractivity contribution in [3.05, 3.63) is 29.7 Å². The van der Waals surface area contributed by atoms with E-state index in [2.05, 4.69) is 10.2 Å². The third-order valence-corrected chi connectivity index (χ3v) is 2.68. The number of aromatic nitrogens is 3. The largest absolute Gasteiger partial charge is 0.481 e. The number of carbonyl (C=O) groups is 1. The van der Waals surface area contributed by atoms with E-state index < -0.39 is 5.97 Å². The summed E-state index contributed by atoms with van der Waals surface area (Å²) in [6, 6.07) is 3.99. The van der Waals surface area contributed by atoms with Crippen molar-refractivity contribution in [3.8, 4) is 0 Å². The monoisotopic (exact) mass is 233 g/mol. The first-order chi connectivity index (χ1) is 8.16. The molecule has 2 heterocycles. The molecule has 2 aromatic heterocycles. The molecule has 0 spiro atoms. The molecule has 2 rings (SSSR count). The first kappa shape index (κ1) is 11.6. The Morgan fingerprint density at radius 1 is 1.41 bits per heavy atom. The van der Waals surface area contributed by atoms with Crippen LogP contribution in [0.3, 0.4) is 0 Å². The summed E-state index contributed by atoms with van der Waals surface area (Å²) in [5, 5.41) is 16.7. The number of nitrogens with zero attached hydrogens (tertiary/aromatic N) is 3. The molecule has 0 aliphatic heterocycles. The maximum atomic E-state index is 10.4. The topological polar surface area (TPSA) is 67.5 Å². The molecule has 5 heteroatoms. The van der Waals surface area contributed by atoms with Crippen molar-refractivity contribution < 1.29 is 9.90 Å². The highest BCUT2D eigenvalue weighted by molar-refractivity contribution is 5.66. The number of hydrogen-bond acceptors (Lipinski definition) is 3. The van der Waals surface area contributed by atoms with Gasteiger partial charge in [0.25, 0.3) is 0 Å². The van der Waals surface area contributed by atoms with Crippen LogP contribution in [0.5, 0.6) is 0 Å². The number of carboxylic acid groups (broad SMARTS) is 1. The molecule has 0 saturated carbocycles. The number of hydrogen-bond donors (Lipinski definition) is 1. The number of unbranched alkanes of at least 4 members (excludes halogenated alkanes) is 1. The van der Waals surface area contributed by atoms with Crippen LogP contribution in [0, 0.1) is 6.92 Å². The summed E-state index contributed by atoms with van der Waals surface area (Å²) in [5.41, 5.74) is 2.00. The highest BCUT2D eigenvalue weighted by Gasteiger charge is 2.05. The van der Waals surface area contributed by atoms with Crippen LogP contribution in [0.25, 0.3) is 5.65 Å². The van der Waals surface area contributed by atoms with Crippen LogP contribution in [0.2, 0.25) is 0 Å². The summed E-state index contributed by atoms with van der Waals surface area (Å²) >= 11 is 0. The van der Waals surface area contributed by atoms with Gasteiger partial charge in [0.15, 0.2) is 5.65 Å². The van der Waals surface area contributed by atoms with Crippen molar-refractivity contribution in [1.29, 1.82) is 0 Å². The van der Waals surface area contributed by atoms with Gasteiger partial charge in [-0.3, -0.25) is 9.20 Å². The summed E-state index contributed by atoms with van der Waals surface area (Å²) < 4.78 is 1.95. The van der Waals surface area contributed by atoms with Crippen LogP contribution in [0.15, 0.2) is 18.3 Å². The summed E-state index contributed by atoms with van der Waals surface area (Å²) in [6.45, 7) is 2.02. The first-order valence-electron chi connectivity index (χ1n) is 5.69. The SMILES string of the molecule is Cc1ccn2c(CCCCC(=O)O)nnc2c1. The Balaban J connectivity index is 2.01. The van der Waals surface area contributed by atoms with E-state index in [0.717, 1.165) is 29.9 Å². The average Bonchev–Trinajstić information content (AvgIpc) is 2.66. The average molecular weight is 233 g/mol. The molecular formula is C12H15N3O2. The molecule has 0 bridgehead atoms. The fourth-order valence-electron chi connectivity index (χ4n) is 1.77. The van der Waals surface area contributed by atoms with Crippen LogP contribution in [0.1, 0.15) is 30.7 Å². The van der Waals surface area contributed by atoms with Gasteiger partial charge in [-0.1, -0.05) is 0 Å². The Morgan fingerprint density at radius 3 is 3.00 bits per heavy atom. The number of aryl methyl sites for hydroxylation is 2. The fraction of sp³-hybridized carbons (Fsp3) is 0.417. The maximum absolute atomic E-state index is 10.4. The lowest BCUT2D eigenvalue weighted by molar-refractivity contribution is -0.137. The first-order valence-corrected chi connectivity index (χ1v) is 5.69. The molecule has 5 nitrogen and oxygen atoms in total. The molecule has 17 heavy (non-hydrogen) atoms. The third-order valence-electron chi connectivity index (χ3n) is 2.68. The van der Waals surface area contributed by atoms with Crippen LogP contribution in [-0.2, 0) is 11.2 Å². The van der Waals surface area contributed by atoms with Gasteiger partial charge < -0.3 is 5.11 Å². The van der Waals surface area contributed by atoms with Gasteiger partial charge in [-0.25, -0.2) is 0 Å². The second-order valence-electron chi connectivity index (χ2n) is 4.15. The van der Waals surface area contributed by atoms with Crippen molar-refractivity contribution in [2.24, 2.45) is 0 Å². The smallest absolute Gasteiger partial charge is 0.303 e. The molecule has 0 saturated heterocycles. The van der Waals surface area contributed by atoms with Gasteiger partial charge in [-0.2, -0.15) is 0 Å². The van der Waals surface area contributed by atoms with E-state index in [9.17, 15) is 4.79 Å². The lowest BCUT2D eigenvalue weighted by Gasteiger charge is -1.99. The summed E-state index contributed by atoms with van der Waals surface area (Å²) in [6.07, 6.45) is 4.43. The lowest BCUT2D eigenvalue weighted by Crippen LogP contribution is -1.98. The minimum atomic E-state index is -0.744. The highest BCUT2D eigenvalue weighted by Crippen LogP contribution is 2.09. The molecule has 90 valence electrons. The van der Waals surface area contributed by atoms with Crippen molar-refractivity contribution in [3.63, 3.8) is 0 Å². The van der Waals surface area contributed by atoms with Gasteiger partial charge in [0.05, 0.1) is 0 Å². The van der Waals surface area contributed by atoms with E-state index in [1.807, 2.05) is 29.7 Å². The summed E-state index contributed by atoms with van der Waals surface area (Å²) in [4.78, 5) is 10.4. The minimum Gasteiger partial charge on any atom is -0.481 e. The van der Waals surface area contributed by atoms with Gasteiger partial charge in [0.1, 0.15) is 5.82 Å². The number of carboxylic acids is 1. The predicted octanol–water partition coefficient (Wildman–Crippen LogP) is 1.84. The van der Waals surface area contributed by atoms with E-state index in [1.54, 1.807) is 0 Å². The molecule has 0 aliphatic rings. The Kier molecular flexibility index (Phi) is 3.37. The third kappa shape index (κ3) is 2.81. The second kappa shape index (κ2) is 4.95. The van der Waals surface area contributed by atoms with E-state index >= 15 is 0 Å². The normalized spacial score (nSPS) is 10.9. The molecule has 0 radical (unpaired) electrons. The van der Waals surface area contributed by atoms with Gasteiger partial charge in [0, 0.05) is 19.0 Å². The molecule has 0 unspecified atom stereocenters. The van der Waals surface area contributed by atoms with Crippen molar-refractivity contribution in [1.82, 2.24) is 14.6 Å². The minimum absolute atomic E-state index is 0.218. The molecule has 1 N–H and O–H groups in total. The number of rotatable bonds is 5. The Morgan fingerprint density at radius 2 is 2.24 bits per heavy atom. The number of fused-ring (bicyclic) bond motifs is 1. The zero-order chi connectivity index (χ0) is 12.3. The Hall–Kier alpha value is -1.91. The van der Waals surface area contributed by atoms with Crippen LogP contribution >= 0.6 is 0 Å². The van der Waals surface area contributed by atoms with Crippen LogP contribution < -0.4 is 0 Å². The van der Waals surface area contributed by atoms with E-state index in [-0.39, 0.29) is 6.42 Å². The van der Waals surface area contributed by atoms with Crippen LogP contribution in [-0.4, -0.2) is 25.7 Å². The van der Waals surface area contributed by atoms with Gasteiger partial charge in [-0.15, -0.1) is 10.2 Å². The standard InChI is InChI=1S/C12H15N3O2/c1-9-6-7-15-10(13-14-11(15)8-9)4-2-3-5-12(16)17/h6-8H,2-5H2,1H3,(H,16,17). The van der Waals surface area contributed by atoms with Gasteiger partial charge in [-0.05, 0) is 37.5 Å². The van der Waals surface area contributed by atoms with Crippen molar-refractivity contribution in [2.75, 3.05) is 0 Å². The summed E-state index contributed by atoms with van der Waals surface area (Å²) in [5.74, 6) is 0.150. The second-order valence-corrected chi connectivity index (χ2v) is 4.15. The van der Waals surface area contributed by atoms with E-state index in [0.29, 0.717) is 6.42 Å². The maximum Gasteiger partial charge on any atom is 0.303 e. The van der Waals surface area contributed by atoms with Gasteiger partial charge >= 0.3 is 5.97 Å². The quantitative estimate of drug-likeness (QED) is 0.800. The molecule has 0 fully saturated rings. The Labute approximate surface area is 99.1 Å². The highest BCUT2D eigenvalue weighted by atomic mass is 16.4. The molecule has 0 atom stereocenters. The van der Waals surface area contributed by atoms with Crippen molar-refractivity contribution >= 4 is 11.6 Å². The predicted molar refractivity (Wildman–Crippen MR) is 62.9 cm³/mol. The van der Waals surface area contributed by atoms with E-state index in [4.69, 9.17) is 5.11 Å². The number of pyridine rings is 1. The molecule has 2 aromatic rings. The summed E-state index contributed by atoms with van der Waals surface area (Å²) in [7, 11) is 0. The van der Waals surface area contributed by atoms with Gasteiger partial charge in [0.2, 0.25) is 0 Å². The zero-order valence-corrected chi connectivity index (χ0v) is 9.76. The molecule has 0 aliphatic carbocycles. The van der Waals surface area contributed by atoms with E-state index in [1.165, 1.54) is 0 Å². The Bertz CT molecular complexity index is 534. The molecule has 0 amide bonds. The van der Waals surface area contributed by atoms with Crippen molar-refractivity contribution in [2.45, 2.75) is 32.6 Å². The fourth-order valence-corrected chi connectivity index (χ4v) is 1.77.